The summed E-state index contributed by atoms with van der Waals surface area (Å²) < 4.78 is 7.68. The van der Waals surface area contributed by atoms with Gasteiger partial charge in [-0.1, -0.05) is 42.2 Å². The van der Waals surface area contributed by atoms with E-state index in [-0.39, 0.29) is 6.09 Å². The Hall–Kier alpha value is -3.74. The van der Waals surface area contributed by atoms with E-state index >= 15 is 0 Å². The number of piperazine rings is 1. The molecule has 3 aromatic rings. The summed E-state index contributed by atoms with van der Waals surface area (Å²) in [6.45, 7) is 10.3. The van der Waals surface area contributed by atoms with Crippen LogP contribution in [0, 0.1) is 23.2 Å². The van der Waals surface area contributed by atoms with Crippen LogP contribution in [0.3, 0.4) is 0 Å². The number of fused-ring (bicyclic) bond motifs is 1. The van der Waals surface area contributed by atoms with Gasteiger partial charge in [-0.3, -0.25) is 4.90 Å². The van der Waals surface area contributed by atoms with E-state index in [0.717, 1.165) is 49.1 Å². The van der Waals surface area contributed by atoms with Crippen molar-refractivity contribution >= 4 is 17.0 Å². The van der Waals surface area contributed by atoms with E-state index in [1.807, 2.05) is 57.2 Å². The third-order valence-electron chi connectivity index (χ3n) is 6.01. The van der Waals surface area contributed by atoms with Gasteiger partial charge in [-0.05, 0) is 44.5 Å². The lowest BCUT2D eigenvalue weighted by Gasteiger charge is -2.35. The van der Waals surface area contributed by atoms with Gasteiger partial charge in [0.05, 0.1) is 17.2 Å². The van der Waals surface area contributed by atoms with Crippen LogP contribution in [0.15, 0.2) is 54.7 Å². The molecule has 180 valence electrons. The van der Waals surface area contributed by atoms with E-state index < -0.39 is 5.60 Å². The second-order valence-corrected chi connectivity index (χ2v) is 9.86. The molecule has 6 heteroatoms. The Morgan fingerprint density at radius 2 is 1.80 bits per heavy atom. The van der Waals surface area contributed by atoms with Gasteiger partial charge < -0.3 is 14.2 Å². The molecule has 2 heterocycles. The molecule has 1 aromatic heterocycles. The summed E-state index contributed by atoms with van der Waals surface area (Å²) in [6, 6.07) is 18.4. The highest BCUT2D eigenvalue weighted by Gasteiger charge is 2.25. The number of ether oxygens (including phenoxy) is 1. The number of carbonyl (C=O) groups excluding carboxylic acids is 1. The number of benzene rings is 2. The molecule has 0 radical (unpaired) electrons. The fourth-order valence-corrected chi connectivity index (χ4v) is 4.23. The molecule has 0 unspecified atom stereocenters. The molecule has 0 bridgehead atoms. The molecule has 0 saturated carbocycles. The number of aromatic nitrogens is 1. The number of nitrogens with zero attached hydrogens (tertiary/aromatic N) is 4. The highest BCUT2D eigenvalue weighted by atomic mass is 16.6. The highest BCUT2D eigenvalue weighted by molar-refractivity contribution is 5.88. The number of nitriles is 1. The summed E-state index contributed by atoms with van der Waals surface area (Å²) in [4.78, 5) is 16.4. The van der Waals surface area contributed by atoms with Crippen molar-refractivity contribution in [1.82, 2.24) is 14.4 Å². The normalized spacial score (nSPS) is 14.3. The topological polar surface area (TPSA) is 61.5 Å². The molecule has 1 fully saturated rings. The van der Waals surface area contributed by atoms with E-state index in [1.165, 1.54) is 5.56 Å². The quantitative estimate of drug-likeness (QED) is 0.513. The lowest BCUT2D eigenvalue weighted by molar-refractivity contribution is 0.0147. The average Bonchev–Trinajstić information content (AvgIpc) is 3.18. The standard InChI is InChI=1S/C29H32N4O2/c1-29(2,3)35-28(34)32-17-15-31(16-18-32)14-8-7-11-25-22-33(21-23-9-5-4-6-10-23)27-13-12-24(20-30)19-26(25)27/h4-6,9-10,12-13,19,22H,8,14-18,21H2,1-3H3. The van der Waals surface area contributed by atoms with Crippen molar-refractivity contribution in [3.05, 3.63) is 71.4 Å². The number of hydrogen-bond acceptors (Lipinski definition) is 4. The first kappa shape index (κ1) is 24.4. The third-order valence-corrected chi connectivity index (χ3v) is 6.01. The molecule has 1 aliphatic rings. The Labute approximate surface area is 207 Å². The van der Waals surface area contributed by atoms with Crippen molar-refractivity contribution in [3.63, 3.8) is 0 Å². The zero-order chi connectivity index (χ0) is 24.8. The summed E-state index contributed by atoms with van der Waals surface area (Å²) in [6.07, 6.45) is 2.60. The van der Waals surface area contributed by atoms with Crippen LogP contribution in [0.5, 0.6) is 0 Å². The van der Waals surface area contributed by atoms with Crippen LogP contribution >= 0.6 is 0 Å². The molecule has 0 aliphatic carbocycles. The number of hydrogen-bond donors (Lipinski definition) is 0. The predicted molar refractivity (Wildman–Crippen MR) is 138 cm³/mol. The molecular weight excluding hydrogens is 436 g/mol. The summed E-state index contributed by atoms with van der Waals surface area (Å²) >= 11 is 0. The van der Waals surface area contributed by atoms with Crippen LogP contribution in [-0.4, -0.2) is 58.8 Å². The maximum Gasteiger partial charge on any atom is 0.410 e. The van der Waals surface area contributed by atoms with Crippen molar-refractivity contribution in [2.45, 2.75) is 39.3 Å². The fourth-order valence-electron chi connectivity index (χ4n) is 4.23. The van der Waals surface area contributed by atoms with Gasteiger partial charge in [0.15, 0.2) is 0 Å². The second kappa shape index (κ2) is 10.7. The van der Waals surface area contributed by atoms with E-state index in [1.54, 1.807) is 4.90 Å². The van der Waals surface area contributed by atoms with Crippen molar-refractivity contribution in [1.29, 1.82) is 5.26 Å². The lowest BCUT2D eigenvalue weighted by atomic mass is 10.1. The molecule has 0 atom stereocenters. The molecular formula is C29H32N4O2. The second-order valence-electron chi connectivity index (χ2n) is 9.86. The summed E-state index contributed by atoms with van der Waals surface area (Å²) in [5, 5.41) is 10.4. The van der Waals surface area contributed by atoms with Crippen molar-refractivity contribution in [2.24, 2.45) is 0 Å². The first-order chi connectivity index (χ1) is 16.8. The maximum atomic E-state index is 12.2. The molecule has 1 amide bonds. The van der Waals surface area contributed by atoms with Crippen LogP contribution in [0.25, 0.3) is 10.9 Å². The Morgan fingerprint density at radius 1 is 1.06 bits per heavy atom. The van der Waals surface area contributed by atoms with Crippen LogP contribution < -0.4 is 0 Å². The van der Waals surface area contributed by atoms with E-state index in [2.05, 4.69) is 45.7 Å². The molecule has 1 aliphatic heterocycles. The fraction of sp³-hybridized carbons (Fsp3) is 0.379. The molecule has 1 saturated heterocycles. The maximum absolute atomic E-state index is 12.2. The lowest BCUT2D eigenvalue weighted by Crippen LogP contribution is -2.50. The van der Waals surface area contributed by atoms with Crippen molar-refractivity contribution < 1.29 is 9.53 Å². The minimum Gasteiger partial charge on any atom is -0.444 e. The Balaban J connectivity index is 1.39. The van der Waals surface area contributed by atoms with Crippen molar-refractivity contribution in [3.8, 4) is 17.9 Å². The predicted octanol–water partition coefficient (Wildman–Crippen LogP) is 4.86. The van der Waals surface area contributed by atoms with Gasteiger partial charge in [0, 0.05) is 62.8 Å². The molecule has 0 spiro atoms. The summed E-state index contributed by atoms with van der Waals surface area (Å²) in [5.74, 6) is 6.67. The Bertz CT molecular complexity index is 1280. The van der Waals surface area contributed by atoms with E-state index in [9.17, 15) is 10.1 Å². The van der Waals surface area contributed by atoms with Gasteiger partial charge in [0.2, 0.25) is 0 Å². The Morgan fingerprint density at radius 3 is 2.49 bits per heavy atom. The van der Waals surface area contributed by atoms with Gasteiger partial charge in [0.25, 0.3) is 0 Å². The molecule has 6 nitrogen and oxygen atoms in total. The smallest absolute Gasteiger partial charge is 0.410 e. The zero-order valence-corrected chi connectivity index (χ0v) is 20.8. The van der Waals surface area contributed by atoms with Gasteiger partial charge in [-0.2, -0.15) is 5.26 Å². The average molecular weight is 469 g/mol. The third kappa shape index (κ3) is 6.44. The van der Waals surface area contributed by atoms with Crippen LogP contribution in [0.2, 0.25) is 0 Å². The van der Waals surface area contributed by atoms with Crippen molar-refractivity contribution in [2.75, 3.05) is 32.7 Å². The van der Waals surface area contributed by atoms with E-state index in [0.29, 0.717) is 18.7 Å². The van der Waals surface area contributed by atoms with Gasteiger partial charge >= 0.3 is 6.09 Å². The first-order valence-electron chi connectivity index (χ1n) is 12.1. The summed E-state index contributed by atoms with van der Waals surface area (Å²) in [7, 11) is 0. The van der Waals surface area contributed by atoms with Crippen LogP contribution in [-0.2, 0) is 11.3 Å². The van der Waals surface area contributed by atoms with Crippen LogP contribution in [0.1, 0.15) is 43.9 Å². The number of amides is 1. The summed E-state index contributed by atoms with van der Waals surface area (Å²) in [5.41, 5.74) is 3.42. The van der Waals surface area contributed by atoms with Gasteiger partial charge in [-0.15, -0.1) is 0 Å². The Kier molecular flexibility index (Phi) is 7.44. The van der Waals surface area contributed by atoms with Gasteiger partial charge in [0.1, 0.15) is 5.60 Å². The molecule has 0 N–H and O–H groups in total. The highest BCUT2D eigenvalue weighted by Crippen LogP contribution is 2.23. The molecule has 35 heavy (non-hydrogen) atoms. The minimum atomic E-state index is -0.470. The van der Waals surface area contributed by atoms with Gasteiger partial charge in [-0.25, -0.2) is 4.79 Å². The number of carbonyl (C=O) groups is 1. The zero-order valence-electron chi connectivity index (χ0n) is 20.8. The minimum absolute atomic E-state index is 0.236. The first-order valence-corrected chi connectivity index (χ1v) is 12.1. The molecule has 4 rings (SSSR count). The van der Waals surface area contributed by atoms with E-state index in [4.69, 9.17) is 4.74 Å². The monoisotopic (exact) mass is 468 g/mol. The molecule has 2 aromatic carbocycles. The largest absolute Gasteiger partial charge is 0.444 e. The number of rotatable bonds is 4. The van der Waals surface area contributed by atoms with Crippen LogP contribution in [0.4, 0.5) is 4.79 Å². The SMILES string of the molecule is CC(C)(C)OC(=O)N1CCN(CCC#Cc2cn(Cc3ccccc3)c3ccc(C#N)cc23)CC1.